The first-order chi connectivity index (χ1) is 16.9. The summed E-state index contributed by atoms with van der Waals surface area (Å²) >= 11 is 0. The molecule has 0 bridgehead atoms. The maximum Gasteiger partial charge on any atom is 0.203 e. The number of hydrogen-bond acceptors (Lipinski definition) is 6. The molecule has 4 rings (SSSR count). The van der Waals surface area contributed by atoms with Gasteiger partial charge in [0.1, 0.15) is 30.9 Å². The molecule has 4 aromatic rings. The lowest BCUT2D eigenvalue weighted by Gasteiger charge is -2.19. The molecule has 3 aromatic carbocycles. The Labute approximate surface area is 205 Å². The fourth-order valence-corrected chi connectivity index (χ4v) is 4.37. The van der Waals surface area contributed by atoms with Crippen LogP contribution in [-0.4, -0.2) is 41.6 Å². The van der Waals surface area contributed by atoms with Crippen molar-refractivity contribution in [3.8, 4) is 23.0 Å². The number of ether oxygens (including phenoxy) is 4. The molecule has 184 valence electrons. The summed E-state index contributed by atoms with van der Waals surface area (Å²) in [7, 11) is 3.14. The topological polar surface area (TPSA) is 75.0 Å². The van der Waals surface area contributed by atoms with Crippen molar-refractivity contribution in [1.82, 2.24) is 9.55 Å². The Morgan fingerprint density at radius 3 is 2.17 bits per heavy atom. The zero-order chi connectivity index (χ0) is 24.9. The molecular weight excluding hydrogens is 444 g/mol. The molecule has 0 saturated carbocycles. The Morgan fingerprint density at radius 1 is 0.857 bits per heavy atom. The molecule has 0 spiro atoms. The number of nitrogens with zero attached hydrogens (tertiary/aromatic N) is 2. The number of hydrogen-bond donors (Lipinski definition) is 1. The summed E-state index contributed by atoms with van der Waals surface area (Å²) in [6.45, 7) is 6.81. The van der Waals surface area contributed by atoms with E-state index in [-0.39, 0.29) is 13.2 Å². The second-order valence-corrected chi connectivity index (χ2v) is 8.60. The number of imidazole rings is 1. The first-order valence-electron chi connectivity index (χ1n) is 11.6. The zero-order valence-corrected chi connectivity index (χ0v) is 20.9. The van der Waals surface area contributed by atoms with Crippen molar-refractivity contribution in [3.63, 3.8) is 0 Å². The molecule has 1 heterocycles. The van der Waals surface area contributed by atoms with Crippen molar-refractivity contribution < 1.29 is 24.1 Å². The minimum Gasteiger partial charge on any atom is -0.493 e. The Balaban J connectivity index is 1.54. The number of aromatic nitrogens is 2. The largest absolute Gasteiger partial charge is 0.493 e. The van der Waals surface area contributed by atoms with Gasteiger partial charge in [-0.3, -0.25) is 0 Å². The van der Waals surface area contributed by atoms with E-state index in [0.29, 0.717) is 23.8 Å². The van der Waals surface area contributed by atoms with Gasteiger partial charge in [-0.15, -0.1) is 0 Å². The van der Waals surface area contributed by atoms with Gasteiger partial charge in [0.05, 0.1) is 31.8 Å². The number of aryl methyl sites for hydroxylation is 3. The molecule has 1 atom stereocenters. The SMILES string of the molecule is COc1cccc(OC)c1OCC(O)Cn1c(COc2c(C)cc(C)cc2C)nc2ccccc21. The molecule has 0 radical (unpaired) electrons. The van der Waals surface area contributed by atoms with Crippen LogP contribution in [0, 0.1) is 20.8 Å². The lowest BCUT2D eigenvalue weighted by Crippen LogP contribution is -2.25. The van der Waals surface area contributed by atoms with E-state index in [2.05, 4.69) is 19.1 Å². The van der Waals surface area contributed by atoms with Gasteiger partial charge in [0, 0.05) is 0 Å². The minimum atomic E-state index is -0.802. The van der Waals surface area contributed by atoms with Gasteiger partial charge in [0.2, 0.25) is 5.75 Å². The molecule has 0 aliphatic rings. The molecule has 35 heavy (non-hydrogen) atoms. The maximum atomic E-state index is 10.9. The van der Waals surface area contributed by atoms with Crippen molar-refractivity contribution >= 4 is 11.0 Å². The predicted octanol–water partition coefficient (Wildman–Crippen LogP) is 5.00. The lowest BCUT2D eigenvalue weighted by molar-refractivity contribution is 0.0887. The Kier molecular flexibility index (Phi) is 7.46. The van der Waals surface area contributed by atoms with Crippen LogP contribution in [-0.2, 0) is 13.2 Å². The third-order valence-corrected chi connectivity index (χ3v) is 5.88. The quantitative estimate of drug-likeness (QED) is 0.347. The van der Waals surface area contributed by atoms with Crippen LogP contribution in [0.4, 0.5) is 0 Å². The second kappa shape index (κ2) is 10.7. The molecule has 7 nitrogen and oxygen atoms in total. The molecule has 0 amide bonds. The van der Waals surface area contributed by atoms with Crippen molar-refractivity contribution in [2.45, 2.75) is 40.0 Å². The van der Waals surface area contributed by atoms with E-state index in [1.54, 1.807) is 26.4 Å². The van der Waals surface area contributed by atoms with Gasteiger partial charge in [-0.2, -0.15) is 0 Å². The number of rotatable bonds is 10. The van der Waals surface area contributed by atoms with E-state index in [1.165, 1.54) is 5.56 Å². The summed E-state index contributed by atoms with van der Waals surface area (Å²) in [4.78, 5) is 4.78. The van der Waals surface area contributed by atoms with E-state index in [9.17, 15) is 5.11 Å². The summed E-state index contributed by atoms with van der Waals surface area (Å²) in [5.41, 5.74) is 5.16. The van der Waals surface area contributed by atoms with E-state index < -0.39 is 6.10 Å². The van der Waals surface area contributed by atoms with Crippen LogP contribution in [0.5, 0.6) is 23.0 Å². The third-order valence-electron chi connectivity index (χ3n) is 5.88. The van der Waals surface area contributed by atoms with Gasteiger partial charge >= 0.3 is 0 Å². The number of para-hydroxylation sites is 3. The van der Waals surface area contributed by atoms with E-state index >= 15 is 0 Å². The third kappa shape index (κ3) is 5.35. The highest BCUT2D eigenvalue weighted by Gasteiger charge is 2.18. The zero-order valence-electron chi connectivity index (χ0n) is 20.9. The molecule has 7 heteroatoms. The molecule has 0 saturated heterocycles. The number of fused-ring (bicyclic) bond motifs is 1. The average molecular weight is 477 g/mol. The molecule has 0 aliphatic carbocycles. The molecule has 1 unspecified atom stereocenters. The first-order valence-corrected chi connectivity index (χ1v) is 11.6. The lowest BCUT2D eigenvalue weighted by atomic mass is 10.1. The maximum absolute atomic E-state index is 10.9. The molecular formula is C28H32N2O5. The summed E-state index contributed by atoms with van der Waals surface area (Å²) in [6, 6.07) is 17.5. The van der Waals surface area contributed by atoms with Gasteiger partial charge in [-0.25, -0.2) is 4.98 Å². The van der Waals surface area contributed by atoms with Crippen molar-refractivity contribution in [3.05, 3.63) is 77.1 Å². The Bertz CT molecular complexity index is 1270. The Morgan fingerprint density at radius 2 is 1.51 bits per heavy atom. The highest BCUT2D eigenvalue weighted by molar-refractivity contribution is 5.75. The fourth-order valence-electron chi connectivity index (χ4n) is 4.37. The standard InChI is InChI=1S/C28H32N2O5/c1-18-13-19(2)27(20(3)14-18)35-17-26-29-22-9-6-7-10-23(22)30(26)15-21(31)16-34-28-24(32-4)11-8-12-25(28)33-5/h6-14,21,31H,15-17H2,1-5H3. The summed E-state index contributed by atoms with van der Waals surface area (Å²) < 4.78 is 24.9. The van der Waals surface area contributed by atoms with Crippen LogP contribution < -0.4 is 18.9 Å². The Hall–Kier alpha value is -3.71. The van der Waals surface area contributed by atoms with Gasteiger partial charge in [0.25, 0.3) is 0 Å². The highest BCUT2D eigenvalue weighted by atomic mass is 16.5. The number of methoxy groups -OCH3 is 2. The minimum absolute atomic E-state index is 0.0553. The van der Waals surface area contributed by atoms with E-state index in [1.807, 2.05) is 48.7 Å². The van der Waals surface area contributed by atoms with Crippen molar-refractivity contribution in [2.75, 3.05) is 20.8 Å². The van der Waals surface area contributed by atoms with E-state index in [0.717, 1.165) is 33.7 Å². The van der Waals surface area contributed by atoms with Gasteiger partial charge in [-0.1, -0.05) is 35.9 Å². The van der Waals surface area contributed by atoms with Crippen LogP contribution in [0.2, 0.25) is 0 Å². The number of aliphatic hydroxyl groups is 1. The van der Waals surface area contributed by atoms with E-state index in [4.69, 9.17) is 23.9 Å². The second-order valence-electron chi connectivity index (χ2n) is 8.60. The normalized spacial score (nSPS) is 11.9. The molecule has 0 aliphatic heterocycles. The smallest absolute Gasteiger partial charge is 0.203 e. The van der Waals surface area contributed by atoms with Crippen LogP contribution in [0.25, 0.3) is 11.0 Å². The average Bonchev–Trinajstić information content (AvgIpc) is 3.18. The fraction of sp³-hybridized carbons (Fsp3) is 0.321. The summed E-state index contributed by atoms with van der Waals surface area (Å²) in [5.74, 6) is 3.15. The molecule has 1 N–H and O–H groups in total. The van der Waals surface area contributed by atoms with Gasteiger partial charge in [0.15, 0.2) is 11.5 Å². The number of benzene rings is 3. The number of aliphatic hydroxyl groups excluding tert-OH is 1. The van der Waals surface area contributed by atoms with Crippen molar-refractivity contribution in [1.29, 1.82) is 0 Å². The first kappa shape index (κ1) is 24.4. The monoisotopic (exact) mass is 476 g/mol. The summed E-state index contributed by atoms with van der Waals surface area (Å²) in [5, 5.41) is 10.9. The van der Waals surface area contributed by atoms with Crippen LogP contribution in [0.3, 0.4) is 0 Å². The predicted molar refractivity (Wildman–Crippen MR) is 136 cm³/mol. The van der Waals surface area contributed by atoms with Gasteiger partial charge in [-0.05, 0) is 56.2 Å². The summed E-state index contributed by atoms with van der Waals surface area (Å²) in [6.07, 6.45) is -0.802. The molecule has 0 fully saturated rings. The van der Waals surface area contributed by atoms with Crippen LogP contribution in [0.15, 0.2) is 54.6 Å². The molecule has 1 aromatic heterocycles. The van der Waals surface area contributed by atoms with Crippen molar-refractivity contribution in [2.24, 2.45) is 0 Å². The van der Waals surface area contributed by atoms with Crippen LogP contribution in [0.1, 0.15) is 22.5 Å². The van der Waals surface area contributed by atoms with Crippen LogP contribution >= 0.6 is 0 Å². The highest BCUT2D eigenvalue weighted by Crippen LogP contribution is 2.37. The van der Waals surface area contributed by atoms with Gasteiger partial charge < -0.3 is 28.6 Å².